The second kappa shape index (κ2) is 6.64. The standard InChI is InChI=1S/C15H12Cl2O3/c16-11-4-7-13(17)14(9-11)20-12-5-1-10(2-6-12)3-8-15(18)19/h1-2,4-7,9H,3,8H2,(H,18,19). The van der Waals surface area contributed by atoms with E-state index >= 15 is 0 Å². The maximum atomic E-state index is 10.5. The molecule has 0 aliphatic carbocycles. The molecule has 0 bridgehead atoms. The molecule has 2 aromatic carbocycles. The molecule has 0 heterocycles. The van der Waals surface area contributed by atoms with E-state index in [1.54, 1.807) is 30.3 Å². The van der Waals surface area contributed by atoms with Gasteiger partial charge in [0.1, 0.15) is 11.5 Å². The molecule has 0 amide bonds. The SMILES string of the molecule is O=C(O)CCc1ccc(Oc2cc(Cl)ccc2Cl)cc1. The average Bonchev–Trinajstić information content (AvgIpc) is 2.42. The van der Waals surface area contributed by atoms with Crippen molar-refractivity contribution in [1.29, 1.82) is 0 Å². The third kappa shape index (κ3) is 4.15. The summed E-state index contributed by atoms with van der Waals surface area (Å²) >= 11 is 11.9. The van der Waals surface area contributed by atoms with Gasteiger partial charge in [-0.15, -0.1) is 0 Å². The molecule has 2 rings (SSSR count). The van der Waals surface area contributed by atoms with Gasteiger partial charge in [0.05, 0.1) is 5.02 Å². The first-order valence-corrected chi connectivity index (χ1v) is 6.74. The zero-order chi connectivity index (χ0) is 14.5. The third-order valence-corrected chi connectivity index (χ3v) is 3.22. The molecule has 0 radical (unpaired) electrons. The van der Waals surface area contributed by atoms with Crippen molar-refractivity contribution in [2.45, 2.75) is 12.8 Å². The molecule has 0 saturated heterocycles. The number of benzene rings is 2. The van der Waals surface area contributed by atoms with Crippen LogP contribution in [-0.2, 0) is 11.2 Å². The summed E-state index contributed by atoms with van der Waals surface area (Å²) in [5, 5.41) is 9.65. The van der Waals surface area contributed by atoms with E-state index in [1.165, 1.54) is 0 Å². The molecule has 0 saturated carbocycles. The van der Waals surface area contributed by atoms with E-state index in [2.05, 4.69) is 0 Å². The zero-order valence-corrected chi connectivity index (χ0v) is 12.0. The number of hydrogen-bond donors (Lipinski definition) is 1. The molecule has 0 aromatic heterocycles. The Labute approximate surface area is 126 Å². The van der Waals surface area contributed by atoms with Gasteiger partial charge in [0.15, 0.2) is 0 Å². The van der Waals surface area contributed by atoms with Crippen LogP contribution in [-0.4, -0.2) is 11.1 Å². The molecule has 0 aliphatic rings. The second-order valence-electron chi connectivity index (χ2n) is 4.21. The molecule has 0 atom stereocenters. The van der Waals surface area contributed by atoms with Crippen LogP contribution >= 0.6 is 23.2 Å². The molecule has 3 nitrogen and oxygen atoms in total. The predicted octanol–water partition coefficient (Wildman–Crippen LogP) is 4.80. The van der Waals surface area contributed by atoms with Crippen molar-refractivity contribution in [3.8, 4) is 11.5 Å². The molecule has 5 heteroatoms. The molecule has 0 spiro atoms. The number of carboxylic acids is 1. The van der Waals surface area contributed by atoms with E-state index in [0.717, 1.165) is 5.56 Å². The highest BCUT2D eigenvalue weighted by atomic mass is 35.5. The minimum Gasteiger partial charge on any atom is -0.481 e. The highest BCUT2D eigenvalue weighted by Gasteiger charge is 2.05. The number of aliphatic carboxylic acids is 1. The summed E-state index contributed by atoms with van der Waals surface area (Å²) in [6.45, 7) is 0. The van der Waals surface area contributed by atoms with Crippen LogP contribution in [0.2, 0.25) is 10.0 Å². The van der Waals surface area contributed by atoms with Gasteiger partial charge < -0.3 is 9.84 Å². The number of carboxylic acid groups (broad SMARTS) is 1. The lowest BCUT2D eigenvalue weighted by molar-refractivity contribution is -0.136. The first kappa shape index (κ1) is 14.7. The quantitative estimate of drug-likeness (QED) is 0.862. The lowest BCUT2D eigenvalue weighted by Crippen LogP contribution is -1.97. The van der Waals surface area contributed by atoms with Crippen LogP contribution in [0.15, 0.2) is 42.5 Å². The topological polar surface area (TPSA) is 46.5 Å². The van der Waals surface area contributed by atoms with Crippen LogP contribution in [0.3, 0.4) is 0 Å². The highest BCUT2D eigenvalue weighted by Crippen LogP contribution is 2.31. The molecular formula is C15H12Cl2O3. The van der Waals surface area contributed by atoms with Gasteiger partial charge in [0.25, 0.3) is 0 Å². The van der Waals surface area contributed by atoms with Crippen LogP contribution in [0, 0.1) is 0 Å². The first-order chi connectivity index (χ1) is 9.54. The molecule has 0 fully saturated rings. The average molecular weight is 311 g/mol. The number of hydrogen-bond acceptors (Lipinski definition) is 2. The first-order valence-electron chi connectivity index (χ1n) is 5.98. The van der Waals surface area contributed by atoms with Crippen molar-refractivity contribution in [3.05, 3.63) is 58.1 Å². The van der Waals surface area contributed by atoms with Crippen LogP contribution in [0.5, 0.6) is 11.5 Å². The number of halogens is 2. The summed E-state index contributed by atoms with van der Waals surface area (Å²) in [5.74, 6) is 0.293. The van der Waals surface area contributed by atoms with E-state index in [1.807, 2.05) is 12.1 Å². The number of carbonyl (C=O) groups is 1. The zero-order valence-electron chi connectivity index (χ0n) is 10.5. The van der Waals surface area contributed by atoms with Crippen LogP contribution in [0.1, 0.15) is 12.0 Å². The number of ether oxygens (including phenoxy) is 1. The van der Waals surface area contributed by atoms with Gasteiger partial charge in [0, 0.05) is 17.5 Å². The minimum atomic E-state index is -0.809. The van der Waals surface area contributed by atoms with Crippen molar-refractivity contribution in [1.82, 2.24) is 0 Å². The summed E-state index contributed by atoms with van der Waals surface area (Å²) in [7, 11) is 0. The van der Waals surface area contributed by atoms with Crippen molar-refractivity contribution in [3.63, 3.8) is 0 Å². The normalized spacial score (nSPS) is 10.3. The Morgan fingerprint density at radius 2 is 1.80 bits per heavy atom. The molecule has 1 N–H and O–H groups in total. The van der Waals surface area contributed by atoms with Crippen molar-refractivity contribution in [2.75, 3.05) is 0 Å². The van der Waals surface area contributed by atoms with Gasteiger partial charge in [-0.3, -0.25) is 4.79 Å². The van der Waals surface area contributed by atoms with Crippen molar-refractivity contribution in [2.24, 2.45) is 0 Å². The lowest BCUT2D eigenvalue weighted by Gasteiger charge is -2.08. The fourth-order valence-corrected chi connectivity index (χ4v) is 1.98. The van der Waals surface area contributed by atoms with Gasteiger partial charge in [-0.2, -0.15) is 0 Å². The van der Waals surface area contributed by atoms with E-state index in [4.69, 9.17) is 33.0 Å². The Kier molecular flexibility index (Phi) is 4.88. The maximum absolute atomic E-state index is 10.5. The van der Waals surface area contributed by atoms with E-state index in [0.29, 0.717) is 28.0 Å². The summed E-state index contributed by atoms with van der Waals surface area (Å²) in [6, 6.07) is 12.2. The summed E-state index contributed by atoms with van der Waals surface area (Å²) in [5.41, 5.74) is 0.942. The maximum Gasteiger partial charge on any atom is 0.303 e. The van der Waals surface area contributed by atoms with Gasteiger partial charge in [0.2, 0.25) is 0 Å². The van der Waals surface area contributed by atoms with E-state index < -0.39 is 5.97 Å². The van der Waals surface area contributed by atoms with Crippen LogP contribution in [0.4, 0.5) is 0 Å². The molecule has 0 unspecified atom stereocenters. The summed E-state index contributed by atoms with van der Waals surface area (Å²) in [4.78, 5) is 10.5. The fourth-order valence-electron chi connectivity index (χ4n) is 1.66. The Morgan fingerprint density at radius 3 is 2.45 bits per heavy atom. The molecule has 20 heavy (non-hydrogen) atoms. The van der Waals surface area contributed by atoms with Gasteiger partial charge in [-0.1, -0.05) is 35.3 Å². The second-order valence-corrected chi connectivity index (χ2v) is 5.06. The van der Waals surface area contributed by atoms with Crippen LogP contribution < -0.4 is 4.74 Å². The third-order valence-electron chi connectivity index (χ3n) is 2.67. The molecular weight excluding hydrogens is 299 g/mol. The Bertz CT molecular complexity index is 609. The molecule has 0 aliphatic heterocycles. The largest absolute Gasteiger partial charge is 0.481 e. The molecule has 104 valence electrons. The number of aryl methyl sites for hydroxylation is 1. The number of rotatable bonds is 5. The monoisotopic (exact) mass is 310 g/mol. The predicted molar refractivity (Wildman–Crippen MR) is 78.9 cm³/mol. The Balaban J connectivity index is 2.06. The van der Waals surface area contributed by atoms with E-state index in [9.17, 15) is 4.79 Å². The summed E-state index contributed by atoms with van der Waals surface area (Å²) < 4.78 is 5.64. The highest BCUT2D eigenvalue weighted by molar-refractivity contribution is 6.34. The van der Waals surface area contributed by atoms with Gasteiger partial charge in [-0.05, 0) is 36.2 Å². The van der Waals surface area contributed by atoms with Crippen LogP contribution in [0.25, 0.3) is 0 Å². The fraction of sp³-hybridized carbons (Fsp3) is 0.133. The minimum absolute atomic E-state index is 0.111. The smallest absolute Gasteiger partial charge is 0.303 e. The van der Waals surface area contributed by atoms with Gasteiger partial charge in [-0.25, -0.2) is 0 Å². The Morgan fingerprint density at radius 1 is 1.10 bits per heavy atom. The Hall–Kier alpha value is -1.71. The van der Waals surface area contributed by atoms with Gasteiger partial charge >= 0.3 is 5.97 Å². The van der Waals surface area contributed by atoms with Crippen molar-refractivity contribution >= 4 is 29.2 Å². The van der Waals surface area contributed by atoms with Crippen molar-refractivity contribution < 1.29 is 14.6 Å². The lowest BCUT2D eigenvalue weighted by atomic mass is 10.1. The van der Waals surface area contributed by atoms with E-state index in [-0.39, 0.29) is 6.42 Å². The molecule has 2 aromatic rings. The summed E-state index contributed by atoms with van der Waals surface area (Å²) in [6.07, 6.45) is 0.605.